The minimum absolute atomic E-state index is 0.105. The molecule has 0 aliphatic carbocycles. The Bertz CT molecular complexity index is 493. The summed E-state index contributed by atoms with van der Waals surface area (Å²) in [4.78, 5) is 25.7. The number of nitrogens with zero attached hydrogens (tertiary/aromatic N) is 1. The molecule has 1 aliphatic heterocycles. The zero-order valence-corrected chi connectivity index (χ0v) is 11.8. The van der Waals surface area contributed by atoms with Crippen LogP contribution in [0.5, 0.6) is 0 Å². The molecule has 0 spiro atoms. The lowest BCUT2D eigenvalue weighted by Gasteiger charge is -2.17. The van der Waals surface area contributed by atoms with Gasteiger partial charge in [0.1, 0.15) is 0 Å². The largest absolute Gasteiger partial charge is 0.313 e. The molecule has 0 bridgehead atoms. The molecule has 1 aromatic carbocycles. The average Bonchev–Trinajstić information content (AvgIpc) is 2.62. The second-order valence-corrected chi connectivity index (χ2v) is 5.19. The van der Waals surface area contributed by atoms with E-state index in [1.54, 1.807) is 0 Å². The monoisotopic (exact) mass is 260 g/mol. The third kappa shape index (κ3) is 2.28. The lowest BCUT2D eigenvalue weighted by atomic mass is 10.00. The van der Waals surface area contributed by atoms with Crippen molar-refractivity contribution in [3.05, 3.63) is 29.8 Å². The van der Waals surface area contributed by atoms with Gasteiger partial charge in [-0.25, -0.2) is 0 Å². The SMILES string of the molecule is CNC(C)c1cccc(N2C(=O)C(C)C(C)C2=O)c1. The van der Waals surface area contributed by atoms with Crippen molar-refractivity contribution in [3.8, 4) is 0 Å². The van der Waals surface area contributed by atoms with Crippen LogP contribution in [0, 0.1) is 11.8 Å². The molecule has 4 nitrogen and oxygen atoms in total. The third-order valence-corrected chi connectivity index (χ3v) is 4.03. The average molecular weight is 260 g/mol. The van der Waals surface area contributed by atoms with Gasteiger partial charge in [0.15, 0.2) is 0 Å². The van der Waals surface area contributed by atoms with Crippen LogP contribution in [-0.4, -0.2) is 18.9 Å². The van der Waals surface area contributed by atoms with Gasteiger partial charge >= 0.3 is 0 Å². The first-order valence-electron chi connectivity index (χ1n) is 6.62. The first-order chi connectivity index (χ1) is 8.97. The number of carbonyl (C=O) groups is 2. The fourth-order valence-corrected chi connectivity index (χ4v) is 2.30. The second-order valence-electron chi connectivity index (χ2n) is 5.19. The van der Waals surface area contributed by atoms with E-state index in [1.807, 2.05) is 52.1 Å². The quantitative estimate of drug-likeness (QED) is 0.847. The number of imide groups is 1. The van der Waals surface area contributed by atoms with Crippen molar-refractivity contribution in [3.63, 3.8) is 0 Å². The molecule has 2 amide bonds. The number of anilines is 1. The van der Waals surface area contributed by atoms with Crippen molar-refractivity contribution < 1.29 is 9.59 Å². The smallest absolute Gasteiger partial charge is 0.237 e. The highest BCUT2D eigenvalue weighted by Gasteiger charge is 2.43. The summed E-state index contributed by atoms with van der Waals surface area (Å²) in [6.07, 6.45) is 0. The molecule has 19 heavy (non-hydrogen) atoms. The van der Waals surface area contributed by atoms with E-state index in [1.165, 1.54) is 4.90 Å². The predicted octanol–water partition coefficient (Wildman–Crippen LogP) is 2.11. The fraction of sp³-hybridized carbons (Fsp3) is 0.467. The topological polar surface area (TPSA) is 49.4 Å². The van der Waals surface area contributed by atoms with Gasteiger partial charge in [-0.1, -0.05) is 26.0 Å². The minimum Gasteiger partial charge on any atom is -0.313 e. The normalized spacial score (nSPS) is 24.9. The van der Waals surface area contributed by atoms with Gasteiger partial charge in [0.2, 0.25) is 11.8 Å². The van der Waals surface area contributed by atoms with Gasteiger partial charge in [-0.05, 0) is 31.7 Å². The molecule has 1 saturated heterocycles. The number of amides is 2. The lowest BCUT2D eigenvalue weighted by Crippen LogP contribution is -2.30. The van der Waals surface area contributed by atoms with E-state index < -0.39 is 0 Å². The molecule has 1 aromatic rings. The Morgan fingerprint density at radius 1 is 1.16 bits per heavy atom. The van der Waals surface area contributed by atoms with Gasteiger partial charge < -0.3 is 5.32 Å². The maximum atomic E-state index is 12.2. The highest BCUT2D eigenvalue weighted by Crippen LogP contribution is 2.31. The Kier molecular flexibility index (Phi) is 3.71. The van der Waals surface area contributed by atoms with Crippen LogP contribution >= 0.6 is 0 Å². The van der Waals surface area contributed by atoms with Crippen molar-refractivity contribution in [2.75, 3.05) is 11.9 Å². The second kappa shape index (κ2) is 5.13. The van der Waals surface area contributed by atoms with Crippen molar-refractivity contribution in [2.24, 2.45) is 11.8 Å². The Morgan fingerprint density at radius 3 is 2.26 bits per heavy atom. The maximum absolute atomic E-state index is 12.2. The number of hydrogen-bond donors (Lipinski definition) is 1. The molecular formula is C15H20N2O2. The van der Waals surface area contributed by atoms with Gasteiger partial charge in [-0.15, -0.1) is 0 Å². The minimum atomic E-state index is -0.238. The van der Waals surface area contributed by atoms with Crippen LogP contribution in [0.4, 0.5) is 5.69 Å². The zero-order chi connectivity index (χ0) is 14.2. The molecule has 0 saturated carbocycles. The predicted molar refractivity (Wildman–Crippen MR) is 74.7 cm³/mol. The Labute approximate surface area is 113 Å². The number of benzene rings is 1. The lowest BCUT2D eigenvalue weighted by molar-refractivity contribution is -0.122. The summed E-state index contributed by atoms with van der Waals surface area (Å²) in [5, 5.41) is 3.15. The van der Waals surface area contributed by atoms with Crippen molar-refractivity contribution >= 4 is 17.5 Å². The van der Waals surface area contributed by atoms with Crippen LogP contribution in [0.25, 0.3) is 0 Å². The summed E-state index contributed by atoms with van der Waals surface area (Å²) < 4.78 is 0. The molecule has 102 valence electrons. The molecule has 4 heteroatoms. The van der Waals surface area contributed by atoms with Crippen molar-refractivity contribution in [2.45, 2.75) is 26.8 Å². The van der Waals surface area contributed by atoms with Gasteiger partial charge in [0.05, 0.1) is 5.69 Å². The van der Waals surface area contributed by atoms with Crippen molar-refractivity contribution in [1.82, 2.24) is 5.32 Å². The van der Waals surface area contributed by atoms with E-state index in [0.717, 1.165) is 5.56 Å². The highest BCUT2D eigenvalue weighted by molar-refractivity contribution is 6.21. The van der Waals surface area contributed by atoms with Gasteiger partial charge in [0, 0.05) is 17.9 Å². The summed E-state index contributed by atoms with van der Waals surface area (Å²) in [6.45, 7) is 5.66. The third-order valence-electron chi connectivity index (χ3n) is 4.03. The summed E-state index contributed by atoms with van der Waals surface area (Å²) in [6, 6.07) is 7.77. The zero-order valence-electron chi connectivity index (χ0n) is 11.8. The summed E-state index contributed by atoms with van der Waals surface area (Å²) >= 11 is 0. The van der Waals surface area contributed by atoms with Crippen LogP contribution in [0.2, 0.25) is 0 Å². The van der Waals surface area contributed by atoms with Crippen LogP contribution in [0.3, 0.4) is 0 Å². The van der Waals surface area contributed by atoms with Crippen LogP contribution in [0.1, 0.15) is 32.4 Å². The van der Waals surface area contributed by atoms with E-state index in [9.17, 15) is 9.59 Å². The molecule has 3 atom stereocenters. The Balaban J connectivity index is 2.37. The van der Waals surface area contributed by atoms with E-state index in [2.05, 4.69) is 5.32 Å². The van der Waals surface area contributed by atoms with Crippen LogP contribution < -0.4 is 10.2 Å². The van der Waals surface area contributed by atoms with Gasteiger partial charge in [-0.3, -0.25) is 14.5 Å². The van der Waals surface area contributed by atoms with E-state index in [4.69, 9.17) is 0 Å². The van der Waals surface area contributed by atoms with Crippen LogP contribution in [-0.2, 0) is 9.59 Å². The molecule has 1 aliphatic rings. The van der Waals surface area contributed by atoms with Crippen LogP contribution in [0.15, 0.2) is 24.3 Å². The Hall–Kier alpha value is -1.68. The number of carbonyl (C=O) groups excluding carboxylic acids is 2. The number of rotatable bonds is 3. The highest BCUT2D eigenvalue weighted by atomic mass is 16.2. The fourth-order valence-electron chi connectivity index (χ4n) is 2.30. The van der Waals surface area contributed by atoms with E-state index >= 15 is 0 Å². The molecule has 1 fully saturated rings. The molecule has 3 unspecified atom stereocenters. The standard InChI is InChI=1S/C15H20N2O2/c1-9-10(2)15(19)17(14(9)18)13-7-5-6-12(8-13)11(3)16-4/h5-11,16H,1-4H3. The molecule has 2 rings (SSSR count). The van der Waals surface area contributed by atoms with E-state index in [-0.39, 0.29) is 29.7 Å². The summed E-state index contributed by atoms with van der Waals surface area (Å²) in [5.41, 5.74) is 1.73. The number of nitrogens with one attached hydrogen (secondary N) is 1. The van der Waals surface area contributed by atoms with Gasteiger partial charge in [0.25, 0.3) is 0 Å². The van der Waals surface area contributed by atoms with Crippen molar-refractivity contribution in [1.29, 1.82) is 0 Å². The number of hydrogen-bond acceptors (Lipinski definition) is 3. The summed E-state index contributed by atoms with van der Waals surface area (Å²) in [5.74, 6) is -0.686. The maximum Gasteiger partial charge on any atom is 0.237 e. The van der Waals surface area contributed by atoms with Gasteiger partial charge in [-0.2, -0.15) is 0 Å². The molecule has 1 N–H and O–H groups in total. The molecule has 1 heterocycles. The Morgan fingerprint density at radius 2 is 1.74 bits per heavy atom. The molecule has 0 radical (unpaired) electrons. The molecule has 0 aromatic heterocycles. The first-order valence-corrected chi connectivity index (χ1v) is 6.62. The molecular weight excluding hydrogens is 240 g/mol. The summed E-state index contributed by atoms with van der Waals surface area (Å²) in [7, 11) is 1.88. The first kappa shape index (κ1) is 13.7. The van der Waals surface area contributed by atoms with E-state index in [0.29, 0.717) is 5.69 Å².